The summed E-state index contributed by atoms with van der Waals surface area (Å²) in [5.41, 5.74) is 0.563. The summed E-state index contributed by atoms with van der Waals surface area (Å²) >= 11 is 0. The van der Waals surface area contributed by atoms with Crippen molar-refractivity contribution in [2.45, 2.75) is 124 Å². The minimum absolute atomic E-state index is 0.00781. The van der Waals surface area contributed by atoms with Gasteiger partial charge >= 0.3 is 0 Å². The number of unbranched alkanes of at least 4 members (excludes halogenated alkanes) is 2. The predicted octanol–water partition coefficient (Wildman–Crippen LogP) is 5.78. The molecule has 0 saturated carbocycles. The number of allylic oxidation sites excluding steroid dienone is 2. The van der Waals surface area contributed by atoms with Crippen LogP contribution in [-0.4, -0.2) is 84.5 Å². The zero-order chi connectivity index (χ0) is 36.1. The van der Waals surface area contributed by atoms with Gasteiger partial charge in [0.1, 0.15) is 18.2 Å². The molecule has 0 aliphatic carbocycles. The van der Waals surface area contributed by atoms with Gasteiger partial charge in [-0.1, -0.05) is 40.3 Å². The second-order valence-corrected chi connectivity index (χ2v) is 13.5. The SMILES string of the molecule is C=CC(=O)C[C@@H](C)C(=O)N1CCC[C@H]1C(=O)CCC(=O)C[C@@H](CC(C)C)C(=O)CCCOCCOCC(=O)CCCCCC(=O)C(=C)C. The summed E-state index contributed by atoms with van der Waals surface area (Å²) in [5, 5.41) is 0. The maximum Gasteiger partial charge on any atom is 0.226 e. The van der Waals surface area contributed by atoms with Crippen LogP contribution in [0.5, 0.6) is 0 Å². The highest BCUT2D eigenvalue weighted by Crippen LogP contribution is 2.25. The first-order chi connectivity index (χ1) is 22.8. The molecule has 1 fully saturated rings. The number of hydrogen-bond donors (Lipinski definition) is 0. The highest BCUT2D eigenvalue weighted by Gasteiger charge is 2.36. The Hall–Kier alpha value is -3.11. The molecule has 10 nitrogen and oxygen atoms in total. The van der Waals surface area contributed by atoms with Gasteiger partial charge in [-0.05, 0) is 63.0 Å². The normalized spacial score (nSPS) is 15.6. The summed E-state index contributed by atoms with van der Waals surface area (Å²) in [6.45, 7) is 15.9. The van der Waals surface area contributed by atoms with E-state index >= 15 is 0 Å². The molecule has 270 valence electrons. The minimum atomic E-state index is -0.577. The minimum Gasteiger partial charge on any atom is -0.379 e. The maximum atomic E-state index is 13.0. The molecule has 1 aliphatic heterocycles. The largest absolute Gasteiger partial charge is 0.379 e. The number of carbonyl (C=O) groups excluding carboxylic acids is 7. The van der Waals surface area contributed by atoms with Crippen molar-refractivity contribution in [3.05, 3.63) is 24.8 Å². The van der Waals surface area contributed by atoms with E-state index in [4.69, 9.17) is 9.47 Å². The maximum absolute atomic E-state index is 13.0. The number of amides is 1. The van der Waals surface area contributed by atoms with Gasteiger partial charge in [0.05, 0.1) is 19.3 Å². The van der Waals surface area contributed by atoms with E-state index in [1.807, 2.05) is 13.8 Å². The Morgan fingerprint density at radius 2 is 1.50 bits per heavy atom. The van der Waals surface area contributed by atoms with Crippen LogP contribution >= 0.6 is 0 Å². The van der Waals surface area contributed by atoms with Crippen molar-refractivity contribution in [3.8, 4) is 0 Å². The average Bonchev–Trinajstić information content (AvgIpc) is 3.53. The molecule has 0 spiro atoms. The van der Waals surface area contributed by atoms with E-state index in [0.29, 0.717) is 63.9 Å². The fraction of sp³-hybridized carbons (Fsp3) is 0.711. The molecule has 1 amide bonds. The summed E-state index contributed by atoms with van der Waals surface area (Å²) < 4.78 is 11.0. The number of hydrogen-bond acceptors (Lipinski definition) is 9. The van der Waals surface area contributed by atoms with E-state index in [0.717, 1.165) is 19.3 Å². The van der Waals surface area contributed by atoms with Crippen LogP contribution in [0.1, 0.15) is 118 Å². The lowest BCUT2D eigenvalue weighted by atomic mass is 9.86. The summed E-state index contributed by atoms with van der Waals surface area (Å²) in [4.78, 5) is 88.5. The van der Waals surface area contributed by atoms with Crippen molar-refractivity contribution in [1.29, 1.82) is 0 Å². The van der Waals surface area contributed by atoms with Crippen molar-refractivity contribution < 1.29 is 43.0 Å². The summed E-state index contributed by atoms with van der Waals surface area (Å²) in [6.07, 6.45) is 7.18. The summed E-state index contributed by atoms with van der Waals surface area (Å²) in [5.74, 6) is -1.38. The van der Waals surface area contributed by atoms with Crippen LogP contribution in [0.4, 0.5) is 0 Å². The molecule has 48 heavy (non-hydrogen) atoms. The van der Waals surface area contributed by atoms with Gasteiger partial charge in [0, 0.05) is 69.9 Å². The highest BCUT2D eigenvalue weighted by atomic mass is 16.5. The lowest BCUT2D eigenvalue weighted by molar-refractivity contribution is -0.141. The monoisotopic (exact) mass is 673 g/mol. The van der Waals surface area contributed by atoms with Crippen molar-refractivity contribution in [2.24, 2.45) is 17.8 Å². The number of rotatable bonds is 29. The molecule has 10 heteroatoms. The molecular weight excluding hydrogens is 614 g/mol. The van der Waals surface area contributed by atoms with Gasteiger partial charge in [-0.2, -0.15) is 0 Å². The molecule has 0 radical (unpaired) electrons. The van der Waals surface area contributed by atoms with E-state index in [9.17, 15) is 33.6 Å². The van der Waals surface area contributed by atoms with Crippen molar-refractivity contribution in [2.75, 3.05) is 33.0 Å². The molecule has 1 rings (SSSR count). The first kappa shape index (κ1) is 42.9. The second kappa shape index (κ2) is 24.1. The highest BCUT2D eigenvalue weighted by molar-refractivity contribution is 5.96. The number of carbonyl (C=O) groups is 7. The van der Waals surface area contributed by atoms with Crippen LogP contribution < -0.4 is 0 Å². The smallest absolute Gasteiger partial charge is 0.226 e. The third-order valence-electron chi connectivity index (χ3n) is 8.58. The zero-order valence-electron chi connectivity index (χ0n) is 29.9. The van der Waals surface area contributed by atoms with Gasteiger partial charge in [0.25, 0.3) is 0 Å². The van der Waals surface area contributed by atoms with E-state index in [1.165, 1.54) is 6.08 Å². The Bertz CT molecular complexity index is 1130. The average molecular weight is 674 g/mol. The number of Topliss-reactive ketones (excluding diaryl/α,β-unsaturated/α-hetero) is 5. The Kier molecular flexibility index (Phi) is 21.5. The van der Waals surface area contributed by atoms with Crippen LogP contribution in [-0.2, 0) is 43.0 Å². The van der Waals surface area contributed by atoms with Gasteiger partial charge in [0.2, 0.25) is 5.91 Å². The molecule has 0 aromatic carbocycles. The first-order valence-corrected chi connectivity index (χ1v) is 17.6. The Morgan fingerprint density at radius 1 is 0.812 bits per heavy atom. The number of likely N-dealkylation sites (tertiary alicyclic amines) is 1. The van der Waals surface area contributed by atoms with Gasteiger partial charge in [0.15, 0.2) is 23.1 Å². The fourth-order valence-electron chi connectivity index (χ4n) is 5.85. The van der Waals surface area contributed by atoms with E-state index in [2.05, 4.69) is 13.2 Å². The van der Waals surface area contributed by atoms with Crippen molar-refractivity contribution >= 4 is 40.6 Å². The molecule has 3 atom stereocenters. The first-order valence-electron chi connectivity index (χ1n) is 17.6. The van der Waals surface area contributed by atoms with E-state index < -0.39 is 17.9 Å². The van der Waals surface area contributed by atoms with Crippen LogP contribution in [0.2, 0.25) is 0 Å². The van der Waals surface area contributed by atoms with E-state index in [-0.39, 0.29) is 91.8 Å². The summed E-state index contributed by atoms with van der Waals surface area (Å²) in [7, 11) is 0. The molecule has 0 bridgehead atoms. The molecule has 0 aromatic heterocycles. The molecule has 0 unspecified atom stereocenters. The fourth-order valence-corrected chi connectivity index (χ4v) is 5.85. The molecule has 1 aliphatic rings. The standard InChI is InChI=1S/C38H59NO9/c1-7-31(40)24-29(6)38(46)39-19-11-14-34(39)37(45)18-17-32(41)25-30(23-27(2)3)36(44)16-12-20-47-21-22-48-26-33(42)13-9-8-10-15-35(43)28(4)5/h7,27,29-30,34H,1,4,8-26H2,2-3,5-6H3/t29-,30-,34+/m1/s1. The van der Waals surface area contributed by atoms with Gasteiger partial charge in [-0.3, -0.25) is 33.6 Å². The lowest BCUT2D eigenvalue weighted by Gasteiger charge is -2.26. The van der Waals surface area contributed by atoms with Crippen molar-refractivity contribution in [1.82, 2.24) is 4.90 Å². The van der Waals surface area contributed by atoms with Gasteiger partial charge in [-0.25, -0.2) is 0 Å². The molecule has 1 saturated heterocycles. The Morgan fingerprint density at radius 3 is 2.17 bits per heavy atom. The second-order valence-electron chi connectivity index (χ2n) is 13.5. The Balaban J connectivity index is 2.33. The lowest BCUT2D eigenvalue weighted by Crippen LogP contribution is -2.43. The third kappa shape index (κ3) is 17.9. The van der Waals surface area contributed by atoms with Crippen LogP contribution in [0.25, 0.3) is 0 Å². The van der Waals surface area contributed by atoms with Gasteiger partial charge in [-0.15, -0.1) is 0 Å². The van der Waals surface area contributed by atoms with E-state index in [1.54, 1.807) is 18.7 Å². The molecular formula is C38H59NO9. The molecule has 1 heterocycles. The Labute approximate surface area is 287 Å². The topological polar surface area (TPSA) is 141 Å². The van der Waals surface area contributed by atoms with Crippen LogP contribution in [0.15, 0.2) is 24.8 Å². The molecule has 0 N–H and O–H groups in total. The zero-order valence-corrected chi connectivity index (χ0v) is 29.9. The van der Waals surface area contributed by atoms with Gasteiger partial charge < -0.3 is 14.4 Å². The number of ketones is 6. The summed E-state index contributed by atoms with van der Waals surface area (Å²) in [6, 6.07) is -0.577. The third-order valence-corrected chi connectivity index (χ3v) is 8.58. The molecule has 0 aromatic rings. The number of ether oxygens (including phenoxy) is 2. The van der Waals surface area contributed by atoms with Crippen LogP contribution in [0, 0.1) is 17.8 Å². The quantitative estimate of drug-likeness (QED) is 0.0714. The van der Waals surface area contributed by atoms with Crippen LogP contribution in [0.3, 0.4) is 0 Å². The number of nitrogens with zero attached hydrogens (tertiary/aromatic N) is 1. The van der Waals surface area contributed by atoms with Crippen molar-refractivity contribution in [3.63, 3.8) is 0 Å². The predicted molar refractivity (Wildman–Crippen MR) is 184 cm³/mol.